The molecule has 2 heterocycles. The topological polar surface area (TPSA) is 93.0 Å². The lowest BCUT2D eigenvalue weighted by atomic mass is 10.2. The number of aryl methyl sites for hydroxylation is 2. The monoisotopic (exact) mass is 365 g/mol. The summed E-state index contributed by atoms with van der Waals surface area (Å²) in [6, 6.07) is 6.72. The number of amides is 1. The van der Waals surface area contributed by atoms with E-state index in [4.69, 9.17) is 9.26 Å². The number of carbonyl (C=O) groups is 1. The zero-order chi connectivity index (χ0) is 18.4. The molecule has 0 fully saturated rings. The molecule has 0 N–H and O–H groups in total. The van der Waals surface area contributed by atoms with Crippen LogP contribution in [0.4, 0.5) is 5.69 Å². The number of ether oxygens (including phenoxy) is 1. The molecule has 3 rings (SSSR count). The quantitative estimate of drug-likeness (QED) is 0.815. The van der Waals surface area contributed by atoms with Crippen LogP contribution in [0.3, 0.4) is 0 Å². The van der Waals surface area contributed by atoms with Crippen LogP contribution in [0.15, 0.2) is 33.7 Å². The maximum absolute atomic E-state index is 13.2. The first-order valence-electron chi connectivity index (χ1n) is 7.66. The SMILES string of the molecule is Cc1noc(C)c1S(=O)(=O)N1CC(C(=O)N(C)C)Oc2ccccc21. The number of carbonyl (C=O) groups excluding carboxylic acids is 1. The second kappa shape index (κ2) is 6.07. The zero-order valence-electron chi connectivity index (χ0n) is 14.4. The van der Waals surface area contributed by atoms with Gasteiger partial charge in [-0.25, -0.2) is 8.42 Å². The van der Waals surface area contributed by atoms with Crippen LogP contribution in [-0.4, -0.2) is 51.1 Å². The van der Waals surface area contributed by atoms with Gasteiger partial charge in [-0.3, -0.25) is 9.10 Å². The van der Waals surface area contributed by atoms with Gasteiger partial charge in [0.2, 0.25) is 0 Å². The Morgan fingerprint density at radius 2 is 1.96 bits per heavy atom. The van der Waals surface area contributed by atoms with Crippen LogP contribution in [0.25, 0.3) is 0 Å². The van der Waals surface area contributed by atoms with Gasteiger partial charge in [0.25, 0.3) is 15.9 Å². The summed E-state index contributed by atoms with van der Waals surface area (Å²) in [5.74, 6) is 0.231. The van der Waals surface area contributed by atoms with Crippen LogP contribution in [-0.2, 0) is 14.8 Å². The van der Waals surface area contributed by atoms with Crippen molar-refractivity contribution in [2.24, 2.45) is 0 Å². The molecule has 0 radical (unpaired) electrons. The number of fused-ring (bicyclic) bond motifs is 1. The minimum atomic E-state index is -3.96. The molecular formula is C16H19N3O5S. The fourth-order valence-corrected chi connectivity index (χ4v) is 4.57. The molecule has 1 aromatic carbocycles. The Morgan fingerprint density at radius 3 is 2.56 bits per heavy atom. The van der Waals surface area contributed by atoms with Gasteiger partial charge in [0.1, 0.15) is 11.4 Å². The van der Waals surface area contributed by atoms with E-state index in [0.29, 0.717) is 11.4 Å². The third kappa shape index (κ3) is 2.84. The Labute approximate surface area is 146 Å². The Balaban J connectivity index is 2.12. The highest BCUT2D eigenvalue weighted by atomic mass is 32.2. The van der Waals surface area contributed by atoms with Crippen molar-refractivity contribution in [1.82, 2.24) is 10.1 Å². The Bertz CT molecular complexity index is 900. The average molecular weight is 365 g/mol. The standard InChI is InChI=1S/C16H19N3O5S/c1-10-15(11(2)24-17-10)25(21,22)19-9-14(16(20)18(3)4)23-13-8-6-5-7-12(13)19/h5-8,14H,9H2,1-4H3. The number of aromatic nitrogens is 1. The summed E-state index contributed by atoms with van der Waals surface area (Å²) in [6.45, 7) is 2.99. The van der Waals surface area contributed by atoms with E-state index in [1.807, 2.05) is 0 Å². The molecule has 2 aromatic rings. The number of sulfonamides is 1. The van der Waals surface area contributed by atoms with Crippen LogP contribution in [0.5, 0.6) is 5.75 Å². The van der Waals surface area contributed by atoms with Crippen molar-refractivity contribution in [2.45, 2.75) is 24.8 Å². The number of benzene rings is 1. The van der Waals surface area contributed by atoms with Crippen molar-refractivity contribution in [1.29, 1.82) is 0 Å². The van der Waals surface area contributed by atoms with Crippen LogP contribution < -0.4 is 9.04 Å². The summed E-state index contributed by atoms with van der Waals surface area (Å²) in [7, 11) is -0.766. The molecule has 1 aliphatic heterocycles. The van der Waals surface area contributed by atoms with Gasteiger partial charge in [0.05, 0.1) is 12.2 Å². The Hall–Kier alpha value is -2.55. The number of nitrogens with zero attached hydrogens (tertiary/aromatic N) is 3. The van der Waals surface area contributed by atoms with E-state index in [1.165, 1.54) is 9.21 Å². The molecule has 134 valence electrons. The van der Waals surface area contributed by atoms with Crippen molar-refractivity contribution in [2.75, 3.05) is 24.9 Å². The molecule has 9 heteroatoms. The fourth-order valence-electron chi connectivity index (χ4n) is 2.80. The lowest BCUT2D eigenvalue weighted by molar-refractivity contribution is -0.135. The molecule has 1 atom stereocenters. The Morgan fingerprint density at radius 1 is 1.28 bits per heavy atom. The molecule has 25 heavy (non-hydrogen) atoms. The molecule has 0 bridgehead atoms. The van der Waals surface area contributed by atoms with Crippen molar-refractivity contribution < 1.29 is 22.5 Å². The van der Waals surface area contributed by atoms with E-state index >= 15 is 0 Å². The molecule has 0 saturated carbocycles. The molecule has 8 nitrogen and oxygen atoms in total. The maximum Gasteiger partial charge on any atom is 0.270 e. The molecular weight excluding hydrogens is 346 g/mol. The summed E-state index contributed by atoms with van der Waals surface area (Å²) >= 11 is 0. The maximum atomic E-state index is 13.2. The summed E-state index contributed by atoms with van der Waals surface area (Å²) in [6.07, 6.45) is -0.930. The summed E-state index contributed by atoms with van der Waals surface area (Å²) in [4.78, 5) is 13.7. The lowest BCUT2D eigenvalue weighted by Crippen LogP contribution is -2.50. The van der Waals surface area contributed by atoms with E-state index in [9.17, 15) is 13.2 Å². The van der Waals surface area contributed by atoms with Crippen molar-refractivity contribution in [3.63, 3.8) is 0 Å². The summed E-state index contributed by atoms with van der Waals surface area (Å²) < 4.78 is 38.4. The first kappa shape index (κ1) is 17.3. The predicted octanol–water partition coefficient (Wildman–Crippen LogP) is 1.34. The van der Waals surface area contributed by atoms with Gasteiger partial charge in [-0.2, -0.15) is 0 Å². The van der Waals surface area contributed by atoms with E-state index < -0.39 is 16.1 Å². The van der Waals surface area contributed by atoms with Gasteiger partial charge in [-0.05, 0) is 26.0 Å². The van der Waals surface area contributed by atoms with E-state index in [2.05, 4.69) is 5.16 Å². The summed E-state index contributed by atoms with van der Waals surface area (Å²) in [5, 5.41) is 3.73. The van der Waals surface area contributed by atoms with Gasteiger partial charge in [0, 0.05) is 14.1 Å². The second-order valence-corrected chi connectivity index (χ2v) is 7.80. The second-order valence-electron chi connectivity index (χ2n) is 6.00. The van der Waals surface area contributed by atoms with Crippen LogP contribution in [0.2, 0.25) is 0 Å². The highest BCUT2D eigenvalue weighted by molar-refractivity contribution is 7.93. The van der Waals surface area contributed by atoms with Gasteiger partial charge < -0.3 is 14.2 Å². The highest BCUT2D eigenvalue weighted by Crippen LogP contribution is 2.38. The van der Waals surface area contributed by atoms with E-state index in [0.717, 1.165) is 0 Å². The number of para-hydroxylation sites is 2. The molecule has 0 aliphatic carbocycles. The van der Waals surface area contributed by atoms with Crippen molar-refractivity contribution >= 4 is 21.6 Å². The highest BCUT2D eigenvalue weighted by Gasteiger charge is 2.40. The molecule has 0 saturated heterocycles. The van der Waals surface area contributed by atoms with Crippen LogP contribution >= 0.6 is 0 Å². The largest absolute Gasteiger partial charge is 0.476 e. The van der Waals surface area contributed by atoms with Gasteiger partial charge in [0.15, 0.2) is 16.8 Å². The summed E-state index contributed by atoms with van der Waals surface area (Å²) in [5.41, 5.74) is 0.655. The fraction of sp³-hybridized carbons (Fsp3) is 0.375. The lowest BCUT2D eigenvalue weighted by Gasteiger charge is -2.35. The minimum Gasteiger partial charge on any atom is -0.476 e. The van der Waals surface area contributed by atoms with Crippen molar-refractivity contribution in [3.05, 3.63) is 35.7 Å². The Kier molecular flexibility index (Phi) is 4.19. The molecule has 1 amide bonds. The van der Waals surface area contributed by atoms with E-state index in [1.54, 1.807) is 52.2 Å². The van der Waals surface area contributed by atoms with E-state index in [-0.39, 0.29) is 28.8 Å². The molecule has 1 aromatic heterocycles. The zero-order valence-corrected chi connectivity index (χ0v) is 15.2. The molecule has 1 aliphatic rings. The molecule has 1 unspecified atom stereocenters. The number of hydrogen-bond acceptors (Lipinski definition) is 6. The van der Waals surface area contributed by atoms with Gasteiger partial charge in [-0.15, -0.1) is 0 Å². The number of hydrogen-bond donors (Lipinski definition) is 0. The first-order chi connectivity index (χ1) is 11.7. The number of anilines is 1. The molecule has 0 spiro atoms. The third-order valence-electron chi connectivity index (χ3n) is 3.97. The third-order valence-corrected chi connectivity index (χ3v) is 5.99. The smallest absolute Gasteiger partial charge is 0.270 e. The number of rotatable bonds is 3. The van der Waals surface area contributed by atoms with Gasteiger partial charge >= 0.3 is 0 Å². The number of likely N-dealkylation sites (N-methyl/N-ethyl adjacent to an activating group) is 1. The van der Waals surface area contributed by atoms with Crippen LogP contribution in [0.1, 0.15) is 11.5 Å². The minimum absolute atomic E-state index is 0.0141. The predicted molar refractivity (Wildman–Crippen MR) is 90.1 cm³/mol. The van der Waals surface area contributed by atoms with Gasteiger partial charge in [-0.1, -0.05) is 17.3 Å². The average Bonchev–Trinajstić information content (AvgIpc) is 2.92. The normalized spacial score (nSPS) is 17.0. The van der Waals surface area contributed by atoms with Crippen LogP contribution in [0, 0.1) is 13.8 Å². The first-order valence-corrected chi connectivity index (χ1v) is 9.10. The van der Waals surface area contributed by atoms with Crippen molar-refractivity contribution in [3.8, 4) is 5.75 Å².